The van der Waals surface area contributed by atoms with Gasteiger partial charge in [0.25, 0.3) is 0 Å². The monoisotopic (exact) mass is 346 g/mol. The van der Waals surface area contributed by atoms with Crippen molar-refractivity contribution in [3.05, 3.63) is 58.6 Å². The third-order valence-corrected chi connectivity index (χ3v) is 3.96. The number of anilines is 1. The van der Waals surface area contributed by atoms with E-state index in [0.717, 1.165) is 5.56 Å². The summed E-state index contributed by atoms with van der Waals surface area (Å²) >= 11 is 0. The van der Waals surface area contributed by atoms with Crippen LogP contribution in [0.15, 0.2) is 47.4 Å². The highest BCUT2D eigenvalue weighted by molar-refractivity contribution is 5.77. The highest BCUT2D eigenvalue weighted by atomic mass is 16.7. The first-order chi connectivity index (χ1) is 12.0. The molecule has 3 N–H and O–H groups in total. The number of hydrogen-bond donors (Lipinski definition) is 2. The van der Waals surface area contributed by atoms with E-state index < -0.39 is 18.2 Å². The molecule has 1 aliphatic rings. The van der Waals surface area contributed by atoms with Crippen LogP contribution < -0.4 is 16.0 Å². The smallest absolute Gasteiger partial charge is 0.460 e. The Bertz CT molecular complexity index is 792. The number of aromatic amines is 1. The third kappa shape index (κ3) is 4.04. The molecule has 0 aliphatic carbocycles. The summed E-state index contributed by atoms with van der Waals surface area (Å²) in [7, 11) is 0. The molecule has 3 atom stereocenters. The number of carbonyl (C=O) groups is 1. The average Bonchev–Trinajstić information content (AvgIpc) is 3.08. The average molecular weight is 346 g/mol. The van der Waals surface area contributed by atoms with Crippen LogP contribution in [-0.2, 0) is 19.0 Å². The van der Waals surface area contributed by atoms with Crippen LogP contribution in [0.3, 0.4) is 0 Å². The number of nitrogen functional groups attached to an aromatic ring is 1. The van der Waals surface area contributed by atoms with Crippen molar-refractivity contribution < 1.29 is 23.6 Å². The van der Waals surface area contributed by atoms with Gasteiger partial charge in [-0.15, -0.1) is 0 Å². The van der Waals surface area contributed by atoms with Gasteiger partial charge < -0.3 is 19.9 Å². The maximum absolute atomic E-state index is 12.1. The van der Waals surface area contributed by atoms with E-state index in [2.05, 4.69) is 4.98 Å². The number of nitrogens with zero attached hydrogens (tertiary/aromatic N) is 1. The van der Waals surface area contributed by atoms with Crippen molar-refractivity contribution >= 4 is 11.8 Å². The van der Waals surface area contributed by atoms with Gasteiger partial charge in [-0.2, -0.15) is 14.3 Å². The summed E-state index contributed by atoms with van der Waals surface area (Å²) in [5, 5.41) is 0. The minimum absolute atomic E-state index is 0.0417. The summed E-state index contributed by atoms with van der Waals surface area (Å²) < 4.78 is 17.7. The number of nitrogens with one attached hydrogen (secondary N) is 1. The van der Waals surface area contributed by atoms with Crippen LogP contribution in [0.25, 0.3) is 0 Å². The fraction of sp³-hybridized carbons (Fsp3) is 0.353. The molecule has 8 heteroatoms. The fourth-order valence-electron chi connectivity index (χ4n) is 2.51. The number of hydrogen-bond acceptors (Lipinski definition) is 6. The van der Waals surface area contributed by atoms with Crippen molar-refractivity contribution in [1.29, 1.82) is 0 Å². The number of aromatic nitrogens is 2. The van der Waals surface area contributed by atoms with Crippen LogP contribution in [0.4, 0.5) is 5.82 Å². The number of H-pyrrole nitrogens is 1. The van der Waals surface area contributed by atoms with Crippen molar-refractivity contribution in [1.82, 2.24) is 4.98 Å². The Kier molecular flexibility index (Phi) is 5.11. The Labute approximate surface area is 144 Å². The van der Waals surface area contributed by atoms with Gasteiger partial charge in [0, 0.05) is 6.07 Å². The van der Waals surface area contributed by atoms with E-state index in [1.54, 1.807) is 13.0 Å². The van der Waals surface area contributed by atoms with Gasteiger partial charge in [-0.1, -0.05) is 30.3 Å². The number of esters is 1. The van der Waals surface area contributed by atoms with Crippen LogP contribution in [0.1, 0.15) is 24.6 Å². The molecule has 132 valence electrons. The van der Waals surface area contributed by atoms with Gasteiger partial charge in [-0.3, -0.25) is 4.79 Å². The number of benzene rings is 1. The van der Waals surface area contributed by atoms with Gasteiger partial charge >= 0.3 is 11.7 Å². The van der Waals surface area contributed by atoms with Crippen molar-refractivity contribution in [3.8, 4) is 0 Å². The second-order valence-electron chi connectivity index (χ2n) is 5.72. The molecular weight excluding hydrogens is 326 g/mol. The van der Waals surface area contributed by atoms with Gasteiger partial charge in [-0.25, -0.2) is 0 Å². The lowest BCUT2D eigenvalue weighted by atomic mass is 10.0. The molecule has 1 fully saturated rings. The molecule has 1 aliphatic heterocycles. The Hall–Kier alpha value is -2.71. The Balaban J connectivity index is 1.53. The molecule has 2 aromatic rings. The largest absolute Gasteiger partial charge is 0.499 e. The van der Waals surface area contributed by atoms with E-state index in [-0.39, 0.29) is 30.9 Å². The molecule has 1 aromatic heterocycles. The molecular formula is C17H20N3O5+. The van der Waals surface area contributed by atoms with Gasteiger partial charge in [0.1, 0.15) is 19.4 Å². The number of carbonyl (C=O) groups excluding carboxylic acids is 1. The van der Waals surface area contributed by atoms with E-state index in [9.17, 15) is 9.59 Å². The SMILES string of the molecule is CC(C(=O)OC[C@H]1OC[C@@H]([n+]2ccc(N)[nH]c2=O)O1)c1ccccc1. The van der Waals surface area contributed by atoms with E-state index in [4.69, 9.17) is 19.9 Å². The first kappa shape index (κ1) is 17.1. The first-order valence-electron chi connectivity index (χ1n) is 7.93. The van der Waals surface area contributed by atoms with Crippen LogP contribution in [0.5, 0.6) is 0 Å². The molecule has 0 bridgehead atoms. The number of nitrogens with two attached hydrogens (primary N) is 1. The summed E-state index contributed by atoms with van der Waals surface area (Å²) in [5.41, 5.74) is 5.99. The third-order valence-electron chi connectivity index (χ3n) is 3.96. The zero-order valence-electron chi connectivity index (χ0n) is 13.8. The molecule has 0 saturated carbocycles. The zero-order chi connectivity index (χ0) is 17.8. The van der Waals surface area contributed by atoms with E-state index >= 15 is 0 Å². The topological polar surface area (TPSA) is 108 Å². The highest BCUT2D eigenvalue weighted by Crippen LogP contribution is 2.19. The fourth-order valence-corrected chi connectivity index (χ4v) is 2.51. The van der Waals surface area contributed by atoms with Crippen molar-refractivity contribution in [2.45, 2.75) is 25.4 Å². The van der Waals surface area contributed by atoms with E-state index in [1.165, 1.54) is 10.8 Å². The standard InChI is InChI=1S/C17H19N3O5/c1-11(12-5-3-2-4-6-12)16(21)24-10-15-23-9-14(25-15)20-8-7-13(18)19-17(20)22/h2-8,11,14-15H,9-10H2,1H3,(H2,18,19,22)/p+1/t11?,14-,15-/m0/s1. The Morgan fingerprint density at radius 1 is 1.40 bits per heavy atom. The molecule has 2 heterocycles. The quantitative estimate of drug-likeness (QED) is 0.602. The second kappa shape index (κ2) is 7.45. The predicted molar refractivity (Wildman–Crippen MR) is 87.3 cm³/mol. The van der Waals surface area contributed by atoms with Crippen LogP contribution >= 0.6 is 0 Å². The Morgan fingerprint density at radius 3 is 2.88 bits per heavy atom. The number of ether oxygens (including phenoxy) is 3. The van der Waals surface area contributed by atoms with Crippen molar-refractivity contribution in [3.63, 3.8) is 0 Å². The predicted octanol–water partition coefficient (Wildman–Crippen LogP) is 0.463. The summed E-state index contributed by atoms with van der Waals surface area (Å²) in [4.78, 5) is 26.5. The molecule has 1 saturated heterocycles. The number of rotatable bonds is 5. The van der Waals surface area contributed by atoms with Gasteiger partial charge in [0.2, 0.25) is 6.23 Å². The van der Waals surface area contributed by atoms with Gasteiger partial charge in [-0.05, 0) is 12.5 Å². The second-order valence-corrected chi connectivity index (χ2v) is 5.72. The summed E-state index contributed by atoms with van der Waals surface area (Å²) in [5.74, 6) is -0.479. The minimum Gasteiger partial charge on any atom is -0.460 e. The normalized spacial score (nSPS) is 21.0. The van der Waals surface area contributed by atoms with E-state index in [0.29, 0.717) is 0 Å². The summed E-state index contributed by atoms with van der Waals surface area (Å²) in [6.07, 6.45) is 0.203. The molecule has 1 aromatic carbocycles. The van der Waals surface area contributed by atoms with E-state index in [1.807, 2.05) is 30.3 Å². The molecule has 1 unspecified atom stereocenters. The molecule has 25 heavy (non-hydrogen) atoms. The molecule has 0 radical (unpaired) electrons. The molecule has 0 spiro atoms. The Morgan fingerprint density at radius 2 is 2.16 bits per heavy atom. The van der Waals surface area contributed by atoms with Crippen molar-refractivity contribution in [2.75, 3.05) is 18.9 Å². The molecule has 0 amide bonds. The first-order valence-corrected chi connectivity index (χ1v) is 7.93. The zero-order valence-corrected chi connectivity index (χ0v) is 13.8. The van der Waals surface area contributed by atoms with Crippen LogP contribution in [0.2, 0.25) is 0 Å². The lowest BCUT2D eigenvalue weighted by molar-refractivity contribution is -0.771. The van der Waals surface area contributed by atoms with Crippen LogP contribution in [0, 0.1) is 0 Å². The maximum Gasteiger partial charge on any atom is 0.499 e. The van der Waals surface area contributed by atoms with Crippen LogP contribution in [-0.4, -0.2) is 30.5 Å². The lowest BCUT2D eigenvalue weighted by Crippen LogP contribution is -2.55. The lowest BCUT2D eigenvalue weighted by Gasteiger charge is -2.14. The van der Waals surface area contributed by atoms with Gasteiger partial charge in [0.05, 0.1) is 5.92 Å². The molecule has 3 rings (SSSR count). The van der Waals surface area contributed by atoms with Crippen molar-refractivity contribution in [2.24, 2.45) is 0 Å². The highest BCUT2D eigenvalue weighted by Gasteiger charge is 2.33. The van der Waals surface area contributed by atoms with Gasteiger partial charge in [0.15, 0.2) is 12.1 Å². The molecule has 8 nitrogen and oxygen atoms in total. The summed E-state index contributed by atoms with van der Waals surface area (Å²) in [6.45, 7) is 1.91. The minimum atomic E-state index is -0.721. The maximum atomic E-state index is 12.1. The summed E-state index contributed by atoms with van der Waals surface area (Å²) in [6, 6.07) is 10.9.